The Morgan fingerprint density at radius 2 is 1.73 bits per heavy atom. The second kappa shape index (κ2) is 6.60. The molecule has 1 N–H and O–H groups in total. The molecule has 0 aromatic heterocycles. The largest absolute Gasteiger partial charge is 0.416 e. The number of carbonyl (C=O) groups is 1. The van der Waals surface area contributed by atoms with Crippen LogP contribution in [-0.2, 0) is 12.6 Å². The Hall–Kier alpha value is -2.37. The van der Waals surface area contributed by atoms with Gasteiger partial charge in [0.2, 0.25) is 0 Å². The number of nitrogens with one attached hydrogen (secondary N) is 1. The number of rotatable bonds is 4. The number of carbonyl (C=O) groups excluding carboxylic acids is 1. The van der Waals surface area contributed by atoms with E-state index in [0.717, 1.165) is 17.7 Å². The second-order valence-corrected chi connectivity index (χ2v) is 4.71. The SMILES string of the molecule is O=C(NCCc1ccc(F)cc1)c1cccc(C(F)(F)F)c1. The fraction of sp³-hybridized carbons (Fsp3) is 0.188. The van der Waals surface area contributed by atoms with Gasteiger partial charge in [0.1, 0.15) is 5.82 Å². The second-order valence-electron chi connectivity index (χ2n) is 4.71. The molecule has 22 heavy (non-hydrogen) atoms. The molecule has 2 aromatic rings. The molecule has 0 aliphatic heterocycles. The molecule has 0 heterocycles. The van der Waals surface area contributed by atoms with Gasteiger partial charge in [0.15, 0.2) is 0 Å². The molecule has 6 heteroatoms. The Morgan fingerprint density at radius 3 is 2.36 bits per heavy atom. The van der Waals surface area contributed by atoms with Crippen LogP contribution in [0.25, 0.3) is 0 Å². The van der Waals surface area contributed by atoms with E-state index in [1.807, 2.05) is 0 Å². The van der Waals surface area contributed by atoms with Crippen molar-refractivity contribution < 1.29 is 22.4 Å². The summed E-state index contributed by atoms with van der Waals surface area (Å²) in [6, 6.07) is 10.0. The lowest BCUT2D eigenvalue weighted by molar-refractivity contribution is -0.137. The molecule has 1 amide bonds. The monoisotopic (exact) mass is 311 g/mol. The summed E-state index contributed by atoms with van der Waals surface area (Å²) in [5.41, 5.74) is -0.0849. The zero-order valence-corrected chi connectivity index (χ0v) is 11.5. The van der Waals surface area contributed by atoms with Gasteiger partial charge in [-0.1, -0.05) is 18.2 Å². The van der Waals surface area contributed by atoms with E-state index < -0.39 is 17.6 Å². The van der Waals surface area contributed by atoms with Crippen LogP contribution in [0.5, 0.6) is 0 Å². The van der Waals surface area contributed by atoms with E-state index in [9.17, 15) is 22.4 Å². The van der Waals surface area contributed by atoms with Crippen molar-refractivity contribution in [2.75, 3.05) is 6.54 Å². The van der Waals surface area contributed by atoms with Crippen molar-refractivity contribution in [1.29, 1.82) is 0 Å². The van der Waals surface area contributed by atoms with Crippen LogP contribution in [0.15, 0.2) is 48.5 Å². The Bertz CT molecular complexity index is 650. The molecule has 2 rings (SSSR count). The molecule has 0 saturated heterocycles. The van der Waals surface area contributed by atoms with Crippen LogP contribution >= 0.6 is 0 Å². The maximum atomic E-state index is 12.7. The average Bonchev–Trinajstić information content (AvgIpc) is 2.48. The Morgan fingerprint density at radius 1 is 1.05 bits per heavy atom. The first kappa shape index (κ1) is 16.0. The highest BCUT2D eigenvalue weighted by atomic mass is 19.4. The first-order valence-electron chi connectivity index (χ1n) is 6.56. The first-order chi connectivity index (χ1) is 10.4. The summed E-state index contributed by atoms with van der Waals surface area (Å²) in [6.45, 7) is 0.251. The lowest BCUT2D eigenvalue weighted by atomic mass is 10.1. The summed E-state index contributed by atoms with van der Waals surface area (Å²) in [5.74, 6) is -0.926. The number of benzene rings is 2. The summed E-state index contributed by atoms with van der Waals surface area (Å²) in [5, 5.41) is 2.54. The van der Waals surface area contributed by atoms with E-state index in [1.54, 1.807) is 12.1 Å². The number of amides is 1. The summed E-state index contributed by atoms with van der Waals surface area (Å²) < 4.78 is 50.5. The quantitative estimate of drug-likeness (QED) is 0.855. The molecule has 0 atom stereocenters. The van der Waals surface area contributed by atoms with Crippen molar-refractivity contribution in [3.8, 4) is 0 Å². The van der Waals surface area contributed by atoms with Gasteiger partial charge in [-0.25, -0.2) is 4.39 Å². The fourth-order valence-electron chi connectivity index (χ4n) is 1.91. The third-order valence-electron chi connectivity index (χ3n) is 3.06. The smallest absolute Gasteiger partial charge is 0.352 e. The number of hydrogen-bond donors (Lipinski definition) is 1. The standard InChI is InChI=1S/C16H13F4NO/c17-14-6-4-11(5-7-14)8-9-21-15(22)12-2-1-3-13(10-12)16(18,19)20/h1-7,10H,8-9H2,(H,21,22). The van der Waals surface area contributed by atoms with Crippen LogP contribution in [0.3, 0.4) is 0 Å². The van der Waals surface area contributed by atoms with Crippen LogP contribution < -0.4 is 5.32 Å². The zero-order chi connectivity index (χ0) is 16.2. The van der Waals surface area contributed by atoms with Gasteiger partial charge in [0, 0.05) is 12.1 Å². The fourth-order valence-corrected chi connectivity index (χ4v) is 1.91. The molecule has 2 nitrogen and oxygen atoms in total. The van der Waals surface area contributed by atoms with Gasteiger partial charge in [-0.05, 0) is 42.3 Å². The predicted octanol–water partition coefficient (Wildman–Crippen LogP) is 3.82. The summed E-state index contributed by atoms with van der Waals surface area (Å²) in [4.78, 5) is 11.8. The average molecular weight is 311 g/mol. The Balaban J connectivity index is 1.93. The van der Waals surface area contributed by atoms with Crippen molar-refractivity contribution in [2.45, 2.75) is 12.6 Å². The summed E-state index contributed by atoms with van der Waals surface area (Å²) in [7, 11) is 0. The zero-order valence-electron chi connectivity index (χ0n) is 11.5. The van der Waals surface area contributed by atoms with E-state index >= 15 is 0 Å². The van der Waals surface area contributed by atoms with Crippen molar-refractivity contribution in [1.82, 2.24) is 5.32 Å². The number of alkyl halides is 3. The Kier molecular flexibility index (Phi) is 4.80. The van der Waals surface area contributed by atoms with Gasteiger partial charge in [-0.15, -0.1) is 0 Å². The number of hydrogen-bond acceptors (Lipinski definition) is 1. The van der Waals surface area contributed by atoms with Gasteiger partial charge < -0.3 is 5.32 Å². The van der Waals surface area contributed by atoms with E-state index in [-0.39, 0.29) is 17.9 Å². The van der Waals surface area contributed by atoms with Gasteiger partial charge in [0.25, 0.3) is 5.91 Å². The maximum Gasteiger partial charge on any atom is 0.416 e. The Labute approximate surface area is 124 Å². The van der Waals surface area contributed by atoms with Crippen LogP contribution in [0.2, 0.25) is 0 Å². The third-order valence-corrected chi connectivity index (χ3v) is 3.06. The minimum absolute atomic E-state index is 0.0473. The van der Waals surface area contributed by atoms with Crippen LogP contribution in [-0.4, -0.2) is 12.5 Å². The minimum atomic E-state index is -4.48. The van der Waals surface area contributed by atoms with Crippen molar-refractivity contribution in [3.05, 3.63) is 71.0 Å². The highest BCUT2D eigenvalue weighted by molar-refractivity contribution is 5.94. The van der Waals surface area contributed by atoms with Gasteiger partial charge in [-0.3, -0.25) is 4.79 Å². The molecule has 2 aromatic carbocycles. The molecule has 0 bridgehead atoms. The van der Waals surface area contributed by atoms with E-state index in [0.29, 0.717) is 6.42 Å². The van der Waals surface area contributed by atoms with E-state index in [2.05, 4.69) is 5.32 Å². The molecule has 0 fully saturated rings. The molecule has 0 spiro atoms. The summed E-state index contributed by atoms with van der Waals surface area (Å²) in [6.07, 6.45) is -4.02. The molecule has 116 valence electrons. The maximum absolute atomic E-state index is 12.7. The van der Waals surface area contributed by atoms with Crippen molar-refractivity contribution in [3.63, 3.8) is 0 Å². The third kappa shape index (κ3) is 4.31. The highest BCUT2D eigenvalue weighted by Gasteiger charge is 2.30. The first-order valence-corrected chi connectivity index (χ1v) is 6.56. The van der Waals surface area contributed by atoms with Crippen molar-refractivity contribution >= 4 is 5.91 Å². The van der Waals surface area contributed by atoms with Gasteiger partial charge >= 0.3 is 6.18 Å². The normalized spacial score (nSPS) is 11.3. The van der Waals surface area contributed by atoms with Crippen LogP contribution in [0, 0.1) is 5.82 Å². The molecular formula is C16H13F4NO. The highest BCUT2D eigenvalue weighted by Crippen LogP contribution is 2.29. The van der Waals surface area contributed by atoms with Crippen molar-refractivity contribution in [2.24, 2.45) is 0 Å². The predicted molar refractivity (Wildman–Crippen MR) is 73.9 cm³/mol. The minimum Gasteiger partial charge on any atom is -0.352 e. The van der Waals surface area contributed by atoms with Crippen LogP contribution in [0.4, 0.5) is 17.6 Å². The number of halogens is 4. The topological polar surface area (TPSA) is 29.1 Å². The molecule has 0 radical (unpaired) electrons. The molecule has 0 aliphatic rings. The van der Waals surface area contributed by atoms with Gasteiger partial charge in [0.05, 0.1) is 5.56 Å². The van der Waals surface area contributed by atoms with Crippen LogP contribution in [0.1, 0.15) is 21.5 Å². The molecule has 0 aliphatic carbocycles. The van der Waals surface area contributed by atoms with E-state index in [4.69, 9.17) is 0 Å². The van der Waals surface area contributed by atoms with E-state index in [1.165, 1.54) is 24.3 Å². The lowest BCUT2D eigenvalue weighted by Gasteiger charge is -2.09. The molecular weight excluding hydrogens is 298 g/mol. The molecule has 0 saturated carbocycles. The van der Waals surface area contributed by atoms with Gasteiger partial charge in [-0.2, -0.15) is 13.2 Å². The summed E-state index contributed by atoms with van der Waals surface area (Å²) >= 11 is 0. The lowest BCUT2D eigenvalue weighted by Crippen LogP contribution is -2.26. The molecule has 0 unspecified atom stereocenters.